The third kappa shape index (κ3) is 15.1. The van der Waals surface area contributed by atoms with Crippen molar-refractivity contribution in [2.24, 2.45) is 11.8 Å². The number of nitrogens with one attached hydrogen (secondary N) is 2. The number of carbonyl (C=O) groups is 2. The van der Waals surface area contributed by atoms with Crippen molar-refractivity contribution in [1.82, 2.24) is 4.98 Å². The average molecular weight is 1160 g/mol. The van der Waals surface area contributed by atoms with Crippen LogP contribution in [-0.2, 0) is 6.42 Å². The van der Waals surface area contributed by atoms with Crippen LogP contribution < -0.4 is 24.8 Å². The van der Waals surface area contributed by atoms with E-state index in [1.807, 2.05) is 36.5 Å². The van der Waals surface area contributed by atoms with Crippen molar-refractivity contribution >= 4 is 57.8 Å². The number of carbonyl (C=O) groups excluding carboxylic acids is 2. The van der Waals surface area contributed by atoms with Crippen LogP contribution in [0, 0.1) is 53.4 Å². The van der Waals surface area contributed by atoms with Gasteiger partial charge in [-0.25, -0.2) is 4.98 Å². The van der Waals surface area contributed by atoms with E-state index in [1.54, 1.807) is 0 Å². The van der Waals surface area contributed by atoms with Crippen molar-refractivity contribution in [2.45, 2.75) is 192 Å². The predicted molar refractivity (Wildman–Crippen MR) is 351 cm³/mol. The van der Waals surface area contributed by atoms with Gasteiger partial charge in [0, 0.05) is 43.4 Å². The molecule has 0 amide bonds. The number of nitrogens with zero attached hydrogens (tertiary/aromatic N) is 1. The number of fused-ring (bicyclic) bond motifs is 2. The van der Waals surface area contributed by atoms with Crippen molar-refractivity contribution in [3.8, 4) is 28.4 Å². The molecule has 0 saturated heterocycles. The highest BCUT2D eigenvalue weighted by Gasteiger charge is 2.38. The summed E-state index contributed by atoms with van der Waals surface area (Å²) in [7, 11) is 0. The topological polar surface area (TPSA) is 98.8 Å². The molecule has 2 aliphatic rings. The van der Waals surface area contributed by atoms with Gasteiger partial charge in [0.2, 0.25) is 0 Å². The molecule has 7 aromatic rings. The van der Waals surface area contributed by atoms with Gasteiger partial charge in [0.15, 0.2) is 11.6 Å². The summed E-state index contributed by atoms with van der Waals surface area (Å²) < 4.78 is 19.1. The van der Waals surface area contributed by atoms with E-state index in [2.05, 4.69) is 147 Å². The number of ether oxygens (including phenoxy) is 3. The minimum atomic E-state index is -0.226. The third-order valence-corrected chi connectivity index (χ3v) is 18.9. The lowest BCUT2D eigenvalue weighted by Gasteiger charge is -2.29. The summed E-state index contributed by atoms with van der Waals surface area (Å²) >= 11 is 2.93. The zero-order valence-corrected chi connectivity index (χ0v) is 53.3. The largest absolute Gasteiger partial charge is 0.493 e. The number of ketones is 2. The third-order valence-electron chi connectivity index (χ3n) is 16.8. The van der Waals surface area contributed by atoms with Gasteiger partial charge in [0.25, 0.3) is 0 Å². The first-order valence-corrected chi connectivity index (χ1v) is 33.0. The van der Waals surface area contributed by atoms with E-state index in [4.69, 9.17) is 19.2 Å². The Morgan fingerprint density at radius 3 is 1.45 bits per heavy atom. The molecule has 6 aromatic carbocycles. The molecule has 1 heterocycles. The number of aromatic nitrogens is 1. The van der Waals surface area contributed by atoms with Gasteiger partial charge >= 0.3 is 0 Å². The zero-order chi connectivity index (χ0) is 59.3. The number of hydrogen-bond acceptors (Lipinski definition) is 10. The summed E-state index contributed by atoms with van der Waals surface area (Å²) in [4.78, 5) is 39.5. The first-order valence-electron chi connectivity index (χ1n) is 31.4. The second-order valence-electron chi connectivity index (χ2n) is 23.7. The van der Waals surface area contributed by atoms with Crippen LogP contribution >= 0.6 is 23.5 Å². The molecule has 2 aliphatic carbocycles. The molecule has 0 spiro atoms. The minimum absolute atomic E-state index is 0.224. The Hall–Kier alpha value is -6.49. The van der Waals surface area contributed by atoms with Gasteiger partial charge in [0.05, 0.1) is 42.3 Å². The lowest BCUT2D eigenvalue weighted by molar-refractivity contribution is 0.0976. The van der Waals surface area contributed by atoms with Crippen molar-refractivity contribution in [1.29, 1.82) is 0 Å². The molecule has 84 heavy (non-hydrogen) atoms. The first kappa shape index (κ1) is 62.1. The lowest BCUT2D eigenvalue weighted by Crippen LogP contribution is -2.25. The number of aryl methyl sites for hydroxylation is 7. The van der Waals surface area contributed by atoms with Crippen LogP contribution in [0.3, 0.4) is 0 Å². The van der Waals surface area contributed by atoms with Gasteiger partial charge in [-0.15, -0.1) is 0 Å². The zero-order valence-electron chi connectivity index (χ0n) is 51.7. The highest BCUT2D eigenvalue weighted by molar-refractivity contribution is 8.00. The summed E-state index contributed by atoms with van der Waals surface area (Å²) in [6.07, 6.45) is 20.8. The predicted octanol–water partition coefficient (Wildman–Crippen LogP) is 21.0. The van der Waals surface area contributed by atoms with Crippen LogP contribution in [0.15, 0.2) is 123 Å². The average Bonchev–Trinajstić information content (AvgIpc) is 3.47. The number of unbranched alkanes of at least 4 members (excludes halogenated alkanes) is 6. The highest BCUT2D eigenvalue weighted by Crippen LogP contribution is 2.47. The molecule has 0 radical (unpaired) electrons. The fourth-order valence-electron chi connectivity index (χ4n) is 12.2. The maximum Gasteiger partial charge on any atom is 0.197 e. The quantitative estimate of drug-likeness (QED) is 0.0461. The van der Waals surface area contributed by atoms with Crippen molar-refractivity contribution in [3.05, 3.63) is 164 Å². The van der Waals surface area contributed by atoms with E-state index in [9.17, 15) is 0 Å². The molecule has 9 rings (SSSR count). The van der Waals surface area contributed by atoms with Gasteiger partial charge in [-0.1, -0.05) is 134 Å². The lowest BCUT2D eigenvalue weighted by atomic mass is 9.80. The first-order chi connectivity index (χ1) is 40.8. The maximum absolute atomic E-state index is 16.1. The molecule has 1 aromatic heterocycles. The van der Waals surface area contributed by atoms with Crippen molar-refractivity contribution < 1.29 is 23.8 Å². The van der Waals surface area contributed by atoms with Crippen molar-refractivity contribution in [3.63, 3.8) is 0 Å². The monoisotopic (exact) mass is 1160 g/mol. The van der Waals surface area contributed by atoms with E-state index < -0.39 is 0 Å². The van der Waals surface area contributed by atoms with Gasteiger partial charge in [-0.05, 0) is 221 Å². The standard InChI is InChI=1S/C74H89N3O5S2/c1-11-15-19-21-53-23-25-55(26-24-53)46-82-74-51(9)43-59(44-52(74)10)77-62-33-32-61(76-58-41-49(7)73(50(8)42-58)81-38-18-14-4)66-67(62)71(79)69-64(84-65-36-27-54(45-75-65)22-20-16-12-2)35-34-63(68(69)70(66)78)83-60-30-28-56(29-31-60)57-39-47(5)72(48(6)40-57)80-37-17-13-3/h27-36,39-45,53,55,76-77H,11-26,37-38,46H2,1-10H3. The van der Waals surface area contributed by atoms with E-state index in [0.717, 1.165) is 141 Å². The molecular weight excluding hydrogens is 1070 g/mol. The SMILES string of the molecule is CCCCCc1ccc(Sc2ccc(Sc3ccc(-c4cc(C)c(OCCCC)c(C)c4)cc3)c3c2C(=O)c2c(Nc4cc(C)c(OCC5CCC(CCCCC)CC5)c(C)c4)ccc(Nc4cc(C)c(OCCCC)c(C)c4)c2C3=O)nc1. The molecule has 0 bridgehead atoms. The second kappa shape index (κ2) is 29.5. The summed E-state index contributed by atoms with van der Waals surface area (Å²) in [5.41, 5.74) is 13.8. The molecule has 2 N–H and O–H groups in total. The number of pyridine rings is 1. The van der Waals surface area contributed by atoms with Crippen LogP contribution in [0.4, 0.5) is 22.7 Å². The van der Waals surface area contributed by atoms with Crippen LogP contribution in [0.2, 0.25) is 0 Å². The van der Waals surface area contributed by atoms with Crippen LogP contribution in [0.25, 0.3) is 11.1 Å². The summed E-state index contributed by atoms with van der Waals surface area (Å²) in [6.45, 7) is 23.4. The van der Waals surface area contributed by atoms with Crippen LogP contribution in [0.5, 0.6) is 17.2 Å². The Bertz CT molecular complexity index is 3350. The molecule has 1 saturated carbocycles. The summed E-state index contributed by atoms with van der Waals surface area (Å²) in [5, 5.41) is 8.09. The molecule has 0 unspecified atom stereocenters. The highest BCUT2D eigenvalue weighted by atomic mass is 32.2. The fourth-order valence-corrected chi connectivity index (χ4v) is 14.1. The van der Waals surface area contributed by atoms with E-state index in [-0.39, 0.29) is 11.6 Å². The number of hydrogen-bond donors (Lipinski definition) is 2. The van der Waals surface area contributed by atoms with Gasteiger partial charge < -0.3 is 24.8 Å². The van der Waals surface area contributed by atoms with Gasteiger partial charge in [-0.3, -0.25) is 9.59 Å². The summed E-state index contributed by atoms with van der Waals surface area (Å²) in [5.74, 6) is 3.70. The van der Waals surface area contributed by atoms with E-state index in [0.29, 0.717) is 62.6 Å². The Morgan fingerprint density at radius 2 is 0.952 bits per heavy atom. The fraction of sp³-hybridized carbons (Fsp3) is 0.419. The normalized spacial score (nSPS) is 14.7. The Balaban J connectivity index is 1.09. The minimum Gasteiger partial charge on any atom is -0.493 e. The molecule has 1 fully saturated rings. The Kier molecular flexibility index (Phi) is 21.8. The number of rotatable bonds is 28. The Morgan fingerprint density at radius 1 is 0.476 bits per heavy atom. The number of anilines is 4. The Labute approximate surface area is 510 Å². The molecule has 0 aliphatic heterocycles. The van der Waals surface area contributed by atoms with Gasteiger partial charge in [0.1, 0.15) is 22.3 Å². The van der Waals surface area contributed by atoms with E-state index in [1.165, 1.54) is 86.9 Å². The molecular formula is C74H89N3O5S2. The van der Waals surface area contributed by atoms with Crippen LogP contribution in [0.1, 0.15) is 195 Å². The van der Waals surface area contributed by atoms with E-state index >= 15 is 9.59 Å². The van der Waals surface area contributed by atoms with Gasteiger partial charge in [-0.2, -0.15) is 0 Å². The number of benzene rings is 6. The van der Waals surface area contributed by atoms with Crippen molar-refractivity contribution in [2.75, 3.05) is 30.5 Å². The second-order valence-corrected chi connectivity index (χ2v) is 25.9. The molecule has 442 valence electrons. The molecule has 10 heteroatoms. The molecule has 8 nitrogen and oxygen atoms in total. The molecule has 0 atom stereocenters. The smallest absolute Gasteiger partial charge is 0.197 e. The van der Waals surface area contributed by atoms with Crippen LogP contribution in [-0.4, -0.2) is 36.4 Å². The maximum atomic E-state index is 16.1. The summed E-state index contributed by atoms with van der Waals surface area (Å²) in [6, 6.07) is 33.3.